The number of carbonyl (C=O) groups excluding carboxylic acids is 1. The molecule has 1 heterocycles. The Morgan fingerprint density at radius 1 is 1.52 bits per heavy atom. The van der Waals surface area contributed by atoms with Crippen LogP contribution in [0.25, 0.3) is 0 Å². The molecule has 0 aromatic heterocycles. The second-order valence-corrected chi connectivity index (χ2v) is 5.89. The fourth-order valence-corrected chi connectivity index (χ4v) is 2.41. The molecule has 0 fully saturated rings. The summed E-state index contributed by atoms with van der Waals surface area (Å²) in [7, 11) is 1.63. The Hall–Kier alpha value is -1.75. The molecule has 1 aliphatic heterocycles. The van der Waals surface area contributed by atoms with E-state index >= 15 is 0 Å². The molecule has 0 radical (unpaired) electrons. The lowest BCUT2D eigenvalue weighted by molar-refractivity contribution is -0.123. The largest absolute Gasteiger partial charge is 0.496 e. The maximum Gasteiger partial charge on any atom is 0.237 e. The predicted molar refractivity (Wildman–Crippen MR) is 81.4 cm³/mol. The van der Waals surface area contributed by atoms with Gasteiger partial charge in [0.15, 0.2) is 0 Å². The van der Waals surface area contributed by atoms with E-state index in [4.69, 9.17) is 15.2 Å². The van der Waals surface area contributed by atoms with Gasteiger partial charge in [-0.3, -0.25) is 4.79 Å². The molecular weight excluding hydrogens is 268 g/mol. The topological polar surface area (TPSA) is 73.6 Å². The normalized spacial score (nSPS) is 18.1. The van der Waals surface area contributed by atoms with Crippen LogP contribution in [0, 0.1) is 5.92 Å². The van der Waals surface area contributed by atoms with Crippen LogP contribution in [0.15, 0.2) is 12.1 Å². The van der Waals surface area contributed by atoms with E-state index in [9.17, 15) is 4.79 Å². The zero-order valence-electron chi connectivity index (χ0n) is 13.1. The van der Waals surface area contributed by atoms with Gasteiger partial charge in [0.2, 0.25) is 5.91 Å². The summed E-state index contributed by atoms with van der Waals surface area (Å²) >= 11 is 0. The lowest BCUT2D eigenvalue weighted by Gasteiger charge is -2.16. The second-order valence-electron chi connectivity index (χ2n) is 5.89. The summed E-state index contributed by atoms with van der Waals surface area (Å²) in [5, 5.41) is 2.86. The molecule has 1 aromatic rings. The molecule has 0 saturated heterocycles. The van der Waals surface area contributed by atoms with E-state index in [2.05, 4.69) is 5.32 Å². The molecule has 1 amide bonds. The van der Waals surface area contributed by atoms with Crippen molar-refractivity contribution in [3.63, 3.8) is 0 Å². The zero-order chi connectivity index (χ0) is 15.6. The van der Waals surface area contributed by atoms with Crippen molar-refractivity contribution in [2.75, 3.05) is 7.11 Å². The number of carbonyl (C=O) groups is 1. The molecule has 1 aromatic carbocycles. The van der Waals surface area contributed by atoms with Crippen LogP contribution in [-0.2, 0) is 17.8 Å². The van der Waals surface area contributed by atoms with Gasteiger partial charge < -0.3 is 20.5 Å². The number of ether oxygens (including phenoxy) is 2. The van der Waals surface area contributed by atoms with Crippen LogP contribution in [0.4, 0.5) is 0 Å². The molecule has 0 aliphatic carbocycles. The number of methoxy groups -OCH3 is 1. The van der Waals surface area contributed by atoms with Crippen LogP contribution in [-0.4, -0.2) is 25.2 Å². The van der Waals surface area contributed by atoms with Gasteiger partial charge in [-0.1, -0.05) is 13.8 Å². The van der Waals surface area contributed by atoms with Crippen LogP contribution in [0.5, 0.6) is 11.5 Å². The quantitative estimate of drug-likeness (QED) is 0.865. The molecule has 0 saturated carbocycles. The van der Waals surface area contributed by atoms with Crippen molar-refractivity contribution in [1.29, 1.82) is 0 Å². The van der Waals surface area contributed by atoms with E-state index in [1.165, 1.54) is 0 Å². The third kappa shape index (κ3) is 3.47. The molecule has 1 unspecified atom stereocenters. The first-order valence-electron chi connectivity index (χ1n) is 7.32. The first kappa shape index (κ1) is 15.6. The van der Waals surface area contributed by atoms with Crippen molar-refractivity contribution in [3.8, 4) is 11.5 Å². The van der Waals surface area contributed by atoms with Crippen molar-refractivity contribution in [3.05, 3.63) is 23.3 Å². The maximum atomic E-state index is 11.9. The van der Waals surface area contributed by atoms with Crippen LogP contribution >= 0.6 is 0 Å². The minimum absolute atomic E-state index is 0.107. The number of amides is 1. The number of benzene rings is 1. The van der Waals surface area contributed by atoms with Gasteiger partial charge in [0.05, 0.1) is 13.2 Å². The Morgan fingerprint density at radius 2 is 2.24 bits per heavy atom. The lowest BCUT2D eigenvalue weighted by atomic mass is 10.0. The molecule has 2 rings (SSSR count). The first-order valence-corrected chi connectivity index (χ1v) is 7.32. The monoisotopic (exact) mass is 292 g/mol. The fourth-order valence-electron chi connectivity index (χ4n) is 2.41. The Kier molecular flexibility index (Phi) is 4.73. The zero-order valence-corrected chi connectivity index (χ0v) is 13.1. The molecule has 3 N–H and O–H groups in total. The molecule has 0 spiro atoms. The minimum atomic E-state index is -0.498. The summed E-state index contributed by atoms with van der Waals surface area (Å²) < 4.78 is 11.2. The summed E-state index contributed by atoms with van der Waals surface area (Å²) in [5.41, 5.74) is 7.88. The number of hydrogen-bond donors (Lipinski definition) is 2. The SMILES string of the molecule is COc1cc2c(cc1CNC(=O)[C@@H](N)C(C)C)OC(C)C2. The van der Waals surface area contributed by atoms with E-state index in [1.807, 2.05) is 32.9 Å². The number of nitrogens with one attached hydrogen (secondary N) is 1. The highest BCUT2D eigenvalue weighted by Gasteiger charge is 2.22. The Bertz CT molecular complexity index is 528. The third-order valence-electron chi connectivity index (χ3n) is 3.77. The van der Waals surface area contributed by atoms with Gasteiger partial charge in [-0.15, -0.1) is 0 Å². The average molecular weight is 292 g/mol. The number of hydrogen-bond acceptors (Lipinski definition) is 4. The third-order valence-corrected chi connectivity index (χ3v) is 3.77. The van der Waals surface area contributed by atoms with Crippen LogP contribution < -0.4 is 20.5 Å². The average Bonchev–Trinajstić information content (AvgIpc) is 2.81. The van der Waals surface area contributed by atoms with E-state index in [-0.39, 0.29) is 17.9 Å². The van der Waals surface area contributed by atoms with Crippen molar-refractivity contribution >= 4 is 5.91 Å². The molecule has 5 heteroatoms. The highest BCUT2D eigenvalue weighted by Crippen LogP contribution is 2.34. The minimum Gasteiger partial charge on any atom is -0.496 e. The molecule has 116 valence electrons. The van der Waals surface area contributed by atoms with Crippen molar-refractivity contribution in [2.24, 2.45) is 11.7 Å². The maximum absolute atomic E-state index is 11.9. The van der Waals surface area contributed by atoms with Crippen LogP contribution in [0.1, 0.15) is 31.9 Å². The summed E-state index contributed by atoms with van der Waals surface area (Å²) in [6, 6.07) is 3.43. The van der Waals surface area contributed by atoms with Gasteiger partial charge >= 0.3 is 0 Å². The molecule has 5 nitrogen and oxygen atoms in total. The number of fused-ring (bicyclic) bond motifs is 1. The van der Waals surface area contributed by atoms with Gasteiger partial charge in [-0.25, -0.2) is 0 Å². The van der Waals surface area contributed by atoms with Crippen molar-refractivity contribution in [2.45, 2.75) is 45.9 Å². The molecule has 0 bridgehead atoms. The van der Waals surface area contributed by atoms with E-state index in [0.717, 1.165) is 29.0 Å². The Morgan fingerprint density at radius 3 is 2.86 bits per heavy atom. The highest BCUT2D eigenvalue weighted by atomic mass is 16.5. The van der Waals surface area contributed by atoms with Crippen molar-refractivity contribution in [1.82, 2.24) is 5.32 Å². The van der Waals surface area contributed by atoms with Crippen molar-refractivity contribution < 1.29 is 14.3 Å². The predicted octanol–water partition coefficient (Wildman–Crippen LogP) is 1.62. The van der Waals surface area contributed by atoms with Gasteiger partial charge in [0, 0.05) is 24.1 Å². The fraction of sp³-hybridized carbons (Fsp3) is 0.562. The van der Waals surface area contributed by atoms with E-state index in [1.54, 1.807) is 7.11 Å². The van der Waals surface area contributed by atoms with Gasteiger partial charge in [0.25, 0.3) is 0 Å². The molecular formula is C16H24N2O3. The molecule has 1 aliphatic rings. The smallest absolute Gasteiger partial charge is 0.237 e. The second kappa shape index (κ2) is 6.35. The lowest BCUT2D eigenvalue weighted by Crippen LogP contribution is -2.43. The summed E-state index contributed by atoms with van der Waals surface area (Å²) in [4.78, 5) is 11.9. The number of nitrogens with two attached hydrogens (primary N) is 1. The first-order chi connectivity index (χ1) is 9.92. The van der Waals surface area contributed by atoms with Crippen LogP contribution in [0.3, 0.4) is 0 Å². The van der Waals surface area contributed by atoms with E-state index < -0.39 is 6.04 Å². The Balaban J connectivity index is 2.10. The van der Waals surface area contributed by atoms with Crippen LogP contribution in [0.2, 0.25) is 0 Å². The number of rotatable bonds is 5. The summed E-state index contributed by atoms with van der Waals surface area (Å²) in [6.45, 7) is 6.27. The highest BCUT2D eigenvalue weighted by molar-refractivity contribution is 5.81. The molecule has 21 heavy (non-hydrogen) atoms. The van der Waals surface area contributed by atoms with Gasteiger partial charge in [-0.2, -0.15) is 0 Å². The molecule has 2 atom stereocenters. The van der Waals surface area contributed by atoms with Gasteiger partial charge in [0.1, 0.15) is 17.6 Å². The van der Waals surface area contributed by atoms with E-state index in [0.29, 0.717) is 6.54 Å². The summed E-state index contributed by atoms with van der Waals surface area (Å²) in [6.07, 6.45) is 1.07. The standard InChI is InChI=1S/C16H24N2O3/c1-9(2)15(17)16(19)18-8-12-7-14-11(5-10(3)21-14)6-13(12)20-4/h6-7,9-10,15H,5,8,17H2,1-4H3,(H,18,19)/t10?,15-/m0/s1. The summed E-state index contributed by atoms with van der Waals surface area (Å²) in [5.74, 6) is 1.60. The Labute approximate surface area is 125 Å². The van der Waals surface area contributed by atoms with Gasteiger partial charge in [-0.05, 0) is 25.0 Å².